The SMILES string of the molecule is C=c1c(F)cc(-c2cnc(-c3ccc(N4CC(C)NC(C)C4)nn3)c(C)c2)c/c1=C/C(C)C.CC.CC. The van der Waals surface area contributed by atoms with Gasteiger partial charge in [-0.2, -0.15) is 0 Å². The van der Waals surface area contributed by atoms with Crippen LogP contribution in [0.2, 0.25) is 0 Å². The first-order chi connectivity index (χ1) is 17.7. The molecular formula is C31H44FN5. The smallest absolute Gasteiger partial charge is 0.151 e. The Kier molecular flexibility index (Phi) is 11.4. The van der Waals surface area contributed by atoms with Gasteiger partial charge in [-0.3, -0.25) is 4.98 Å². The van der Waals surface area contributed by atoms with Crippen molar-refractivity contribution in [1.82, 2.24) is 20.5 Å². The molecule has 4 rings (SSSR count). The number of nitrogens with one attached hydrogen (secondary N) is 1. The third-order valence-electron chi connectivity index (χ3n) is 5.93. The zero-order chi connectivity index (χ0) is 27.7. The molecule has 1 aromatic carbocycles. The second-order valence-corrected chi connectivity index (χ2v) is 9.48. The van der Waals surface area contributed by atoms with E-state index in [0.29, 0.717) is 23.2 Å². The highest BCUT2D eigenvalue weighted by atomic mass is 19.1. The van der Waals surface area contributed by atoms with Crippen molar-refractivity contribution in [2.45, 2.75) is 74.4 Å². The number of pyridine rings is 1. The summed E-state index contributed by atoms with van der Waals surface area (Å²) in [6, 6.07) is 10.3. The Morgan fingerprint density at radius 1 is 1.00 bits per heavy atom. The number of rotatable bonds is 4. The van der Waals surface area contributed by atoms with Crippen LogP contribution in [0.15, 0.2) is 36.5 Å². The number of aromatic nitrogens is 3. The Balaban J connectivity index is 0.00000115. The molecular weight excluding hydrogens is 461 g/mol. The number of anilines is 1. The van der Waals surface area contributed by atoms with E-state index in [1.165, 1.54) is 6.07 Å². The van der Waals surface area contributed by atoms with Crippen LogP contribution in [-0.2, 0) is 0 Å². The van der Waals surface area contributed by atoms with Gasteiger partial charge in [-0.05, 0) is 73.4 Å². The van der Waals surface area contributed by atoms with Gasteiger partial charge >= 0.3 is 0 Å². The first-order valence-corrected chi connectivity index (χ1v) is 13.5. The van der Waals surface area contributed by atoms with Crippen molar-refractivity contribution in [1.29, 1.82) is 0 Å². The first-order valence-electron chi connectivity index (χ1n) is 13.5. The predicted molar refractivity (Wildman–Crippen MR) is 156 cm³/mol. The number of aryl methyl sites for hydroxylation is 1. The minimum Gasteiger partial charge on any atom is -0.352 e. The van der Waals surface area contributed by atoms with Crippen molar-refractivity contribution >= 4 is 18.5 Å². The predicted octanol–water partition coefficient (Wildman–Crippen LogP) is 5.74. The highest BCUT2D eigenvalue weighted by Gasteiger charge is 2.22. The molecule has 1 aliphatic rings. The molecule has 3 aromatic rings. The van der Waals surface area contributed by atoms with Crippen LogP contribution in [0.4, 0.5) is 10.2 Å². The zero-order valence-electron chi connectivity index (χ0n) is 24.1. The van der Waals surface area contributed by atoms with Crippen LogP contribution in [-0.4, -0.2) is 40.4 Å². The third-order valence-corrected chi connectivity index (χ3v) is 5.93. The largest absolute Gasteiger partial charge is 0.352 e. The topological polar surface area (TPSA) is 53.9 Å². The summed E-state index contributed by atoms with van der Waals surface area (Å²) in [4.78, 5) is 6.92. The Hall–Kier alpha value is -3.12. The molecule has 37 heavy (non-hydrogen) atoms. The van der Waals surface area contributed by atoms with Gasteiger partial charge in [-0.1, -0.05) is 54.2 Å². The van der Waals surface area contributed by atoms with Crippen LogP contribution in [0.5, 0.6) is 0 Å². The molecule has 1 N–H and O–H groups in total. The molecule has 1 aliphatic heterocycles. The van der Waals surface area contributed by atoms with Crippen molar-refractivity contribution in [2.75, 3.05) is 18.0 Å². The summed E-state index contributed by atoms with van der Waals surface area (Å²) in [6.45, 7) is 24.2. The van der Waals surface area contributed by atoms with Crippen molar-refractivity contribution < 1.29 is 4.39 Å². The minimum atomic E-state index is -0.306. The molecule has 3 heterocycles. The molecule has 1 fully saturated rings. The van der Waals surface area contributed by atoms with Gasteiger partial charge in [-0.15, -0.1) is 10.2 Å². The summed E-state index contributed by atoms with van der Waals surface area (Å²) in [7, 11) is 0. The highest BCUT2D eigenvalue weighted by molar-refractivity contribution is 5.68. The summed E-state index contributed by atoms with van der Waals surface area (Å²) < 4.78 is 14.5. The molecule has 0 saturated carbocycles. The van der Waals surface area contributed by atoms with Crippen LogP contribution in [0.1, 0.15) is 61.0 Å². The fraction of sp³-hybridized carbons (Fsp3) is 0.452. The summed E-state index contributed by atoms with van der Waals surface area (Å²) >= 11 is 0. The van der Waals surface area contributed by atoms with Gasteiger partial charge in [0.25, 0.3) is 0 Å². The lowest BCUT2D eigenvalue weighted by atomic mass is 10.0. The van der Waals surface area contributed by atoms with E-state index in [1.54, 1.807) is 6.20 Å². The lowest BCUT2D eigenvalue weighted by Crippen LogP contribution is -2.54. The number of nitrogens with zero attached hydrogens (tertiary/aromatic N) is 4. The monoisotopic (exact) mass is 505 g/mol. The van der Waals surface area contributed by atoms with Crippen LogP contribution in [0.3, 0.4) is 0 Å². The van der Waals surface area contributed by atoms with Gasteiger partial charge in [0.1, 0.15) is 11.5 Å². The second kappa shape index (κ2) is 14.0. The van der Waals surface area contributed by atoms with Crippen LogP contribution in [0.25, 0.3) is 35.2 Å². The molecule has 0 bridgehead atoms. The highest BCUT2D eigenvalue weighted by Crippen LogP contribution is 2.25. The molecule has 200 valence electrons. The summed E-state index contributed by atoms with van der Waals surface area (Å²) in [5.41, 5.74) is 4.13. The fourth-order valence-corrected chi connectivity index (χ4v) is 4.47. The third kappa shape index (κ3) is 7.68. The molecule has 6 heteroatoms. The van der Waals surface area contributed by atoms with Crippen LogP contribution < -0.4 is 20.7 Å². The van der Waals surface area contributed by atoms with Gasteiger partial charge in [0.15, 0.2) is 5.82 Å². The van der Waals surface area contributed by atoms with Crippen molar-refractivity contribution in [2.24, 2.45) is 5.92 Å². The van der Waals surface area contributed by atoms with Crippen LogP contribution in [0, 0.1) is 18.7 Å². The van der Waals surface area contributed by atoms with E-state index in [4.69, 9.17) is 0 Å². The Morgan fingerprint density at radius 3 is 2.19 bits per heavy atom. The Labute approximate surface area is 222 Å². The van der Waals surface area contributed by atoms with E-state index in [2.05, 4.69) is 59.7 Å². The normalized spacial score (nSPS) is 17.6. The zero-order valence-corrected chi connectivity index (χ0v) is 24.1. The molecule has 0 radical (unpaired) electrons. The minimum absolute atomic E-state index is 0.302. The maximum atomic E-state index is 14.5. The summed E-state index contributed by atoms with van der Waals surface area (Å²) in [6.07, 6.45) is 3.80. The van der Waals surface area contributed by atoms with E-state index in [9.17, 15) is 4.39 Å². The number of hydrogen-bond acceptors (Lipinski definition) is 5. The van der Waals surface area contributed by atoms with Gasteiger partial charge in [-0.25, -0.2) is 4.39 Å². The van der Waals surface area contributed by atoms with E-state index in [1.807, 2.05) is 65.0 Å². The number of benzene rings is 1. The molecule has 0 spiro atoms. The van der Waals surface area contributed by atoms with Gasteiger partial charge in [0, 0.05) is 42.2 Å². The molecule has 0 amide bonds. The average Bonchev–Trinajstić information content (AvgIpc) is 2.88. The quantitative estimate of drug-likeness (QED) is 0.490. The molecule has 2 aromatic heterocycles. The van der Waals surface area contributed by atoms with Crippen molar-refractivity contribution in [3.05, 3.63) is 58.3 Å². The van der Waals surface area contributed by atoms with E-state index < -0.39 is 0 Å². The van der Waals surface area contributed by atoms with Gasteiger partial charge in [0.2, 0.25) is 0 Å². The summed E-state index contributed by atoms with van der Waals surface area (Å²) in [5, 5.41) is 13.7. The maximum Gasteiger partial charge on any atom is 0.151 e. The molecule has 1 saturated heterocycles. The lowest BCUT2D eigenvalue weighted by molar-refractivity contribution is 0.404. The van der Waals surface area contributed by atoms with E-state index in [0.717, 1.165) is 52.2 Å². The standard InChI is InChI=1S/C27H32FN5.2C2H6/c1-16(2)9-21-11-22(12-24(28)20(21)6)23-10-17(3)27(29-13-23)25-7-8-26(32-31-25)33-14-18(4)30-19(5)15-33;2*1-2/h7-13,16,18-19,30H,6,14-15H2,1-5H3;2*1-2H3/b21-9-;;. The lowest BCUT2D eigenvalue weighted by Gasteiger charge is -2.36. The van der Waals surface area contributed by atoms with Crippen molar-refractivity contribution in [3.8, 4) is 22.5 Å². The summed E-state index contributed by atoms with van der Waals surface area (Å²) in [5.74, 6) is 0.876. The van der Waals surface area contributed by atoms with E-state index >= 15 is 0 Å². The fourth-order valence-electron chi connectivity index (χ4n) is 4.47. The van der Waals surface area contributed by atoms with Crippen molar-refractivity contribution in [3.63, 3.8) is 0 Å². The Bertz CT molecular complexity index is 1240. The molecule has 5 nitrogen and oxygen atoms in total. The molecule has 0 aliphatic carbocycles. The maximum absolute atomic E-state index is 14.5. The number of hydrogen-bond donors (Lipinski definition) is 1. The number of piperazine rings is 1. The average molecular weight is 506 g/mol. The molecule has 2 atom stereocenters. The van der Waals surface area contributed by atoms with Gasteiger partial charge in [0.05, 0.1) is 5.69 Å². The number of halogens is 1. The molecule has 2 unspecified atom stereocenters. The first kappa shape index (κ1) is 30.1. The Morgan fingerprint density at radius 2 is 1.65 bits per heavy atom. The van der Waals surface area contributed by atoms with Gasteiger partial charge < -0.3 is 10.2 Å². The van der Waals surface area contributed by atoms with Crippen LogP contribution >= 0.6 is 0 Å². The second-order valence-electron chi connectivity index (χ2n) is 9.48. The van der Waals surface area contributed by atoms with E-state index in [-0.39, 0.29) is 5.82 Å².